The summed E-state index contributed by atoms with van der Waals surface area (Å²) in [6, 6.07) is 7.81. The number of amides is 3. The maximum absolute atomic E-state index is 12.5. The molecule has 0 aromatic heterocycles. The Morgan fingerprint density at radius 3 is 2.48 bits per heavy atom. The summed E-state index contributed by atoms with van der Waals surface area (Å²) in [5.41, 5.74) is 1.09. The summed E-state index contributed by atoms with van der Waals surface area (Å²) in [7, 11) is 0. The maximum Gasteiger partial charge on any atom is 0.253 e. The molecule has 1 aromatic carbocycles. The van der Waals surface area contributed by atoms with Crippen molar-refractivity contribution in [2.75, 3.05) is 31.5 Å². The molecule has 1 saturated carbocycles. The first-order chi connectivity index (χ1) is 14.1. The molecule has 1 aromatic rings. The minimum atomic E-state index is -0.123. The summed E-state index contributed by atoms with van der Waals surface area (Å²) >= 11 is 0. The molecule has 0 spiro atoms. The predicted octanol–water partition coefficient (Wildman–Crippen LogP) is 1.99. The van der Waals surface area contributed by atoms with Crippen molar-refractivity contribution in [3.8, 4) is 0 Å². The second-order valence-corrected chi connectivity index (χ2v) is 8.35. The zero-order chi connectivity index (χ0) is 20.2. The van der Waals surface area contributed by atoms with Crippen LogP contribution >= 0.6 is 0 Å². The minimum absolute atomic E-state index is 0.0754. The van der Waals surface area contributed by atoms with Crippen LogP contribution < -0.4 is 10.6 Å². The molecule has 0 atom stereocenters. The molecule has 156 valence electrons. The fourth-order valence-corrected chi connectivity index (χ4v) is 4.26. The molecule has 0 radical (unpaired) electrons. The standard InChI is InChI=1S/C22H30N4O3/c27-20(24-19-5-2-1-4-18(19)22(29)23-16-7-8-16)11-15-25-13-9-17(10-14-25)26-12-3-6-21(26)28/h1-2,4-5,16-17H,3,6-15H2,(H,23,29)(H,24,27). The topological polar surface area (TPSA) is 81.8 Å². The summed E-state index contributed by atoms with van der Waals surface area (Å²) in [6.07, 6.45) is 6.10. The van der Waals surface area contributed by atoms with Crippen molar-refractivity contribution < 1.29 is 14.4 Å². The first kappa shape index (κ1) is 19.9. The quantitative estimate of drug-likeness (QED) is 0.736. The van der Waals surface area contributed by atoms with Gasteiger partial charge in [-0.1, -0.05) is 12.1 Å². The van der Waals surface area contributed by atoms with Crippen LogP contribution in [0.4, 0.5) is 5.69 Å². The highest BCUT2D eigenvalue weighted by atomic mass is 16.2. The Morgan fingerprint density at radius 1 is 1.03 bits per heavy atom. The number of hydrogen-bond acceptors (Lipinski definition) is 4. The number of anilines is 1. The third kappa shape index (κ3) is 5.15. The molecule has 2 heterocycles. The van der Waals surface area contributed by atoms with Crippen LogP contribution in [0.5, 0.6) is 0 Å². The summed E-state index contributed by atoms with van der Waals surface area (Å²) in [6.45, 7) is 3.44. The van der Waals surface area contributed by atoms with Crippen molar-refractivity contribution >= 4 is 23.4 Å². The Labute approximate surface area is 171 Å². The number of para-hydroxylation sites is 1. The van der Waals surface area contributed by atoms with Gasteiger partial charge in [0.15, 0.2) is 0 Å². The summed E-state index contributed by atoms with van der Waals surface area (Å²) < 4.78 is 0. The van der Waals surface area contributed by atoms with Crippen LogP contribution in [0.15, 0.2) is 24.3 Å². The summed E-state index contributed by atoms with van der Waals surface area (Å²) in [4.78, 5) is 41.1. The average molecular weight is 399 g/mol. The van der Waals surface area contributed by atoms with Gasteiger partial charge in [0, 0.05) is 51.1 Å². The van der Waals surface area contributed by atoms with Gasteiger partial charge in [-0.05, 0) is 44.2 Å². The molecule has 29 heavy (non-hydrogen) atoms. The number of rotatable bonds is 7. The molecule has 4 rings (SSSR count). The van der Waals surface area contributed by atoms with E-state index in [1.807, 2.05) is 17.0 Å². The van der Waals surface area contributed by atoms with Crippen LogP contribution in [-0.2, 0) is 9.59 Å². The number of likely N-dealkylation sites (tertiary alicyclic amines) is 2. The third-order valence-electron chi connectivity index (χ3n) is 6.12. The normalized spacial score (nSPS) is 20.7. The van der Waals surface area contributed by atoms with Crippen LogP contribution in [-0.4, -0.2) is 65.8 Å². The van der Waals surface area contributed by atoms with E-state index in [2.05, 4.69) is 15.5 Å². The molecule has 3 aliphatic rings. The highest BCUT2D eigenvalue weighted by Crippen LogP contribution is 2.23. The average Bonchev–Trinajstić information content (AvgIpc) is 3.44. The van der Waals surface area contributed by atoms with Crippen LogP contribution in [0.25, 0.3) is 0 Å². The maximum atomic E-state index is 12.5. The number of nitrogens with zero attached hydrogens (tertiary/aromatic N) is 2. The van der Waals surface area contributed by atoms with Crippen LogP contribution in [0, 0.1) is 0 Å². The van der Waals surface area contributed by atoms with Gasteiger partial charge < -0.3 is 20.4 Å². The Balaban J connectivity index is 1.23. The number of carbonyl (C=O) groups excluding carboxylic acids is 3. The van der Waals surface area contributed by atoms with E-state index in [9.17, 15) is 14.4 Å². The molecule has 2 N–H and O–H groups in total. The fraction of sp³-hybridized carbons (Fsp3) is 0.591. The van der Waals surface area contributed by atoms with Gasteiger partial charge in [-0.25, -0.2) is 0 Å². The molecule has 7 heteroatoms. The Morgan fingerprint density at radius 2 is 1.79 bits per heavy atom. The van der Waals surface area contributed by atoms with Gasteiger partial charge >= 0.3 is 0 Å². The number of nitrogens with one attached hydrogen (secondary N) is 2. The van der Waals surface area contributed by atoms with Crippen molar-refractivity contribution in [3.63, 3.8) is 0 Å². The van der Waals surface area contributed by atoms with Gasteiger partial charge in [0.05, 0.1) is 11.3 Å². The lowest BCUT2D eigenvalue weighted by molar-refractivity contribution is -0.130. The van der Waals surface area contributed by atoms with Crippen LogP contribution in [0.2, 0.25) is 0 Å². The molecule has 0 bridgehead atoms. The van der Waals surface area contributed by atoms with E-state index in [1.165, 1.54) is 0 Å². The van der Waals surface area contributed by atoms with E-state index in [-0.39, 0.29) is 17.9 Å². The second kappa shape index (κ2) is 8.95. The fourth-order valence-electron chi connectivity index (χ4n) is 4.26. The third-order valence-corrected chi connectivity index (χ3v) is 6.12. The van der Waals surface area contributed by atoms with Gasteiger partial charge in [-0.2, -0.15) is 0 Å². The first-order valence-electron chi connectivity index (χ1n) is 10.8. The number of benzene rings is 1. The molecule has 3 fully saturated rings. The molecule has 7 nitrogen and oxygen atoms in total. The summed E-state index contributed by atoms with van der Waals surface area (Å²) in [5.74, 6) is 0.0997. The lowest BCUT2D eigenvalue weighted by Gasteiger charge is -2.36. The number of piperidine rings is 1. The smallest absolute Gasteiger partial charge is 0.253 e. The molecule has 1 aliphatic carbocycles. The first-order valence-corrected chi connectivity index (χ1v) is 10.8. The van der Waals surface area contributed by atoms with Crippen molar-refractivity contribution in [2.24, 2.45) is 0 Å². The highest BCUT2D eigenvalue weighted by Gasteiger charge is 2.30. The Kier molecular flexibility index (Phi) is 6.13. The zero-order valence-corrected chi connectivity index (χ0v) is 16.9. The van der Waals surface area contributed by atoms with Gasteiger partial charge in [-0.3, -0.25) is 14.4 Å². The molecule has 2 saturated heterocycles. The van der Waals surface area contributed by atoms with Crippen molar-refractivity contribution in [1.29, 1.82) is 0 Å². The lowest BCUT2D eigenvalue weighted by atomic mass is 10.0. The Hall–Kier alpha value is -2.41. The van der Waals surface area contributed by atoms with Crippen LogP contribution in [0.1, 0.15) is 55.3 Å². The predicted molar refractivity (Wildman–Crippen MR) is 111 cm³/mol. The highest BCUT2D eigenvalue weighted by molar-refractivity contribution is 6.03. The van der Waals surface area contributed by atoms with Crippen molar-refractivity contribution in [1.82, 2.24) is 15.1 Å². The van der Waals surface area contributed by atoms with Crippen LogP contribution in [0.3, 0.4) is 0 Å². The largest absolute Gasteiger partial charge is 0.349 e. The Bertz CT molecular complexity index is 769. The van der Waals surface area contributed by atoms with Gasteiger partial charge in [0.1, 0.15) is 0 Å². The van der Waals surface area contributed by atoms with Crippen molar-refractivity contribution in [2.45, 2.75) is 57.0 Å². The molecular weight excluding hydrogens is 368 g/mol. The lowest BCUT2D eigenvalue weighted by Crippen LogP contribution is -2.45. The van der Waals surface area contributed by atoms with E-state index in [0.29, 0.717) is 42.6 Å². The zero-order valence-electron chi connectivity index (χ0n) is 16.9. The SMILES string of the molecule is O=C(CCN1CCC(N2CCCC2=O)CC1)Nc1ccccc1C(=O)NC1CC1. The van der Waals surface area contributed by atoms with Crippen molar-refractivity contribution in [3.05, 3.63) is 29.8 Å². The summed E-state index contributed by atoms with van der Waals surface area (Å²) in [5, 5.41) is 5.88. The van der Waals surface area contributed by atoms with Gasteiger partial charge in [-0.15, -0.1) is 0 Å². The number of carbonyl (C=O) groups is 3. The number of hydrogen-bond donors (Lipinski definition) is 2. The second-order valence-electron chi connectivity index (χ2n) is 8.35. The molecular formula is C22H30N4O3. The minimum Gasteiger partial charge on any atom is -0.349 e. The van der Waals surface area contributed by atoms with Gasteiger partial charge in [0.25, 0.3) is 5.91 Å². The van der Waals surface area contributed by atoms with E-state index in [4.69, 9.17) is 0 Å². The van der Waals surface area contributed by atoms with E-state index < -0.39 is 0 Å². The van der Waals surface area contributed by atoms with E-state index in [0.717, 1.165) is 51.7 Å². The molecule has 0 unspecified atom stereocenters. The van der Waals surface area contributed by atoms with Gasteiger partial charge in [0.2, 0.25) is 11.8 Å². The van der Waals surface area contributed by atoms with E-state index in [1.54, 1.807) is 12.1 Å². The molecule has 2 aliphatic heterocycles. The monoisotopic (exact) mass is 398 g/mol. The molecule has 3 amide bonds. The van der Waals surface area contributed by atoms with E-state index >= 15 is 0 Å².